The molecule has 3 heteroatoms. The first-order valence-corrected chi connectivity index (χ1v) is 6.66. The average molecular weight is 255 g/mol. The zero-order valence-electron chi connectivity index (χ0n) is 11.3. The van der Waals surface area contributed by atoms with Crippen molar-refractivity contribution in [3.05, 3.63) is 43.5 Å². The molecule has 3 rings (SSSR count). The van der Waals surface area contributed by atoms with Crippen LogP contribution in [0.3, 0.4) is 0 Å². The second-order valence-corrected chi connectivity index (χ2v) is 5.09. The van der Waals surface area contributed by atoms with Crippen LogP contribution in [0.15, 0.2) is 36.4 Å². The second-order valence-electron chi connectivity index (χ2n) is 5.09. The van der Waals surface area contributed by atoms with Gasteiger partial charge in [0.1, 0.15) is 12.9 Å². The minimum absolute atomic E-state index is 0.814. The average Bonchev–Trinajstić information content (AvgIpc) is 2.47. The molecule has 1 aliphatic heterocycles. The van der Waals surface area contributed by atoms with E-state index in [1.54, 1.807) is 0 Å². The van der Waals surface area contributed by atoms with Gasteiger partial charge in [-0.25, -0.2) is 0 Å². The van der Waals surface area contributed by atoms with Crippen LogP contribution in [0, 0.1) is 7.11 Å². The minimum Gasteiger partial charge on any atom is -0.490 e. The third-order valence-electron chi connectivity index (χ3n) is 3.84. The molecule has 99 valence electrons. The highest BCUT2D eigenvalue weighted by Crippen LogP contribution is 2.30. The lowest BCUT2D eigenvalue weighted by Gasteiger charge is -2.34. The number of anilines is 1. The standard InChI is InChI=1S/C16H19N2O/c1-17-8-10-18(11-9-17)16-5-3-4-13-6-7-14(19-2)12-15(13)16/h3-7,12H,2,8-11H2,1H3. The molecule has 0 aromatic heterocycles. The predicted molar refractivity (Wildman–Crippen MR) is 79.6 cm³/mol. The molecular formula is C16H19N2O. The Morgan fingerprint density at radius 2 is 1.84 bits per heavy atom. The monoisotopic (exact) mass is 255 g/mol. The fourth-order valence-electron chi connectivity index (χ4n) is 2.65. The number of ether oxygens (including phenoxy) is 1. The summed E-state index contributed by atoms with van der Waals surface area (Å²) in [4.78, 5) is 4.82. The van der Waals surface area contributed by atoms with Gasteiger partial charge in [0.25, 0.3) is 0 Å². The molecular weight excluding hydrogens is 236 g/mol. The van der Waals surface area contributed by atoms with Crippen molar-refractivity contribution in [2.75, 3.05) is 38.1 Å². The summed E-state index contributed by atoms with van der Waals surface area (Å²) in [6.45, 7) is 4.37. The first kappa shape index (κ1) is 12.3. The van der Waals surface area contributed by atoms with Crippen molar-refractivity contribution in [1.29, 1.82) is 0 Å². The van der Waals surface area contributed by atoms with E-state index in [0.29, 0.717) is 0 Å². The zero-order valence-corrected chi connectivity index (χ0v) is 11.3. The molecule has 0 bridgehead atoms. The summed E-state index contributed by atoms with van der Waals surface area (Å²) in [5, 5.41) is 2.49. The van der Waals surface area contributed by atoms with Gasteiger partial charge in [-0.1, -0.05) is 18.2 Å². The summed E-state index contributed by atoms with van der Waals surface area (Å²) in [6, 6.07) is 12.6. The van der Waals surface area contributed by atoms with E-state index in [9.17, 15) is 0 Å². The number of fused-ring (bicyclic) bond motifs is 1. The molecule has 0 aliphatic carbocycles. The Labute approximate surface area is 114 Å². The second kappa shape index (κ2) is 5.10. The van der Waals surface area contributed by atoms with Crippen molar-refractivity contribution < 1.29 is 4.74 Å². The van der Waals surface area contributed by atoms with Gasteiger partial charge in [-0.05, 0) is 30.6 Å². The highest BCUT2D eigenvalue weighted by atomic mass is 16.5. The normalized spacial score (nSPS) is 16.8. The molecule has 3 nitrogen and oxygen atoms in total. The van der Waals surface area contributed by atoms with Crippen molar-refractivity contribution in [3.8, 4) is 5.75 Å². The first-order valence-electron chi connectivity index (χ1n) is 6.66. The Bertz CT molecular complexity index is 574. The SMILES string of the molecule is [CH2]Oc1ccc2cccc(N3CCN(C)CC3)c2c1. The molecule has 0 unspecified atom stereocenters. The van der Waals surface area contributed by atoms with E-state index in [-0.39, 0.29) is 0 Å². The number of rotatable bonds is 2. The Morgan fingerprint density at radius 3 is 2.58 bits per heavy atom. The molecule has 0 spiro atoms. The van der Waals surface area contributed by atoms with Crippen LogP contribution in [-0.4, -0.2) is 38.1 Å². The maximum atomic E-state index is 5.10. The number of nitrogens with zero attached hydrogens (tertiary/aromatic N) is 2. The topological polar surface area (TPSA) is 15.7 Å². The summed E-state index contributed by atoms with van der Waals surface area (Å²) in [7, 11) is 5.67. The van der Waals surface area contributed by atoms with Gasteiger partial charge in [-0.15, -0.1) is 0 Å². The van der Waals surface area contributed by atoms with Crippen LogP contribution >= 0.6 is 0 Å². The van der Waals surface area contributed by atoms with E-state index < -0.39 is 0 Å². The van der Waals surface area contributed by atoms with E-state index in [2.05, 4.69) is 54.3 Å². The quantitative estimate of drug-likeness (QED) is 0.820. The molecule has 1 radical (unpaired) electrons. The van der Waals surface area contributed by atoms with Gasteiger partial charge in [0.15, 0.2) is 0 Å². The third kappa shape index (κ3) is 2.38. The summed E-state index contributed by atoms with van der Waals surface area (Å²) in [6.07, 6.45) is 0. The van der Waals surface area contributed by atoms with E-state index >= 15 is 0 Å². The van der Waals surface area contributed by atoms with Crippen LogP contribution in [0.5, 0.6) is 5.75 Å². The van der Waals surface area contributed by atoms with Gasteiger partial charge < -0.3 is 14.5 Å². The summed E-state index contributed by atoms with van der Waals surface area (Å²) in [5.74, 6) is 0.814. The lowest BCUT2D eigenvalue weighted by Crippen LogP contribution is -2.44. The molecule has 0 amide bonds. The van der Waals surface area contributed by atoms with Crippen LogP contribution < -0.4 is 9.64 Å². The van der Waals surface area contributed by atoms with Crippen LogP contribution in [0.1, 0.15) is 0 Å². The first-order chi connectivity index (χ1) is 9.28. The molecule has 2 aromatic rings. The molecule has 1 heterocycles. The Morgan fingerprint density at radius 1 is 1.05 bits per heavy atom. The van der Waals surface area contributed by atoms with Gasteiger partial charge in [0.05, 0.1) is 0 Å². The predicted octanol–water partition coefficient (Wildman–Crippen LogP) is 2.76. The Balaban J connectivity index is 2.02. The molecule has 0 atom stereocenters. The summed E-state index contributed by atoms with van der Waals surface area (Å²) in [5.41, 5.74) is 1.30. The van der Waals surface area contributed by atoms with Gasteiger partial charge in [-0.2, -0.15) is 0 Å². The third-order valence-corrected chi connectivity index (χ3v) is 3.84. The lowest BCUT2D eigenvalue weighted by molar-refractivity contribution is 0.313. The highest BCUT2D eigenvalue weighted by Gasteiger charge is 2.16. The lowest BCUT2D eigenvalue weighted by atomic mass is 10.1. The van der Waals surface area contributed by atoms with Gasteiger partial charge in [0.2, 0.25) is 0 Å². The number of hydrogen-bond donors (Lipinski definition) is 0. The van der Waals surface area contributed by atoms with Crippen molar-refractivity contribution in [3.63, 3.8) is 0 Å². The van der Waals surface area contributed by atoms with E-state index in [1.807, 2.05) is 6.07 Å². The molecule has 1 saturated heterocycles. The fraction of sp³-hybridized carbons (Fsp3) is 0.312. The van der Waals surface area contributed by atoms with E-state index in [4.69, 9.17) is 4.74 Å². The van der Waals surface area contributed by atoms with Crippen LogP contribution in [-0.2, 0) is 0 Å². The smallest absolute Gasteiger partial charge is 0.122 e. The van der Waals surface area contributed by atoms with E-state index in [0.717, 1.165) is 31.9 Å². The number of hydrogen-bond acceptors (Lipinski definition) is 3. The molecule has 2 aromatic carbocycles. The molecule has 19 heavy (non-hydrogen) atoms. The maximum absolute atomic E-state index is 5.10. The van der Waals surface area contributed by atoms with Gasteiger partial charge in [-0.3, -0.25) is 0 Å². The molecule has 1 aliphatic rings. The Kier molecular flexibility index (Phi) is 3.30. The largest absolute Gasteiger partial charge is 0.490 e. The van der Waals surface area contributed by atoms with Crippen molar-refractivity contribution in [1.82, 2.24) is 4.90 Å². The van der Waals surface area contributed by atoms with Crippen LogP contribution in [0.2, 0.25) is 0 Å². The summed E-state index contributed by atoms with van der Waals surface area (Å²) < 4.78 is 5.10. The molecule has 0 saturated carbocycles. The van der Waals surface area contributed by atoms with Crippen molar-refractivity contribution in [2.24, 2.45) is 0 Å². The number of likely N-dealkylation sites (N-methyl/N-ethyl adjacent to an activating group) is 1. The number of piperazine rings is 1. The minimum atomic E-state index is 0.814. The van der Waals surface area contributed by atoms with Gasteiger partial charge in [0, 0.05) is 37.3 Å². The Hall–Kier alpha value is -1.74. The van der Waals surface area contributed by atoms with E-state index in [1.165, 1.54) is 16.5 Å². The highest BCUT2D eigenvalue weighted by molar-refractivity contribution is 5.95. The fourth-order valence-corrected chi connectivity index (χ4v) is 2.65. The zero-order chi connectivity index (χ0) is 13.2. The summed E-state index contributed by atoms with van der Waals surface area (Å²) >= 11 is 0. The molecule has 1 fully saturated rings. The maximum Gasteiger partial charge on any atom is 0.122 e. The van der Waals surface area contributed by atoms with Crippen molar-refractivity contribution in [2.45, 2.75) is 0 Å². The van der Waals surface area contributed by atoms with Crippen molar-refractivity contribution >= 4 is 16.5 Å². The van der Waals surface area contributed by atoms with Gasteiger partial charge >= 0.3 is 0 Å². The van der Waals surface area contributed by atoms with Crippen LogP contribution in [0.4, 0.5) is 5.69 Å². The van der Waals surface area contributed by atoms with Crippen LogP contribution in [0.25, 0.3) is 10.8 Å². The molecule has 0 N–H and O–H groups in total. The number of benzene rings is 2.